The second kappa shape index (κ2) is 13.3. The van der Waals surface area contributed by atoms with Crippen molar-refractivity contribution in [1.82, 2.24) is 14.8 Å². The Balaban J connectivity index is 1.27. The van der Waals surface area contributed by atoms with Crippen molar-refractivity contribution in [2.75, 3.05) is 44.2 Å². The zero-order valence-corrected chi connectivity index (χ0v) is 25.0. The van der Waals surface area contributed by atoms with Crippen molar-refractivity contribution in [2.45, 2.75) is 64.3 Å². The van der Waals surface area contributed by atoms with E-state index < -0.39 is 18.4 Å². The number of hydrogen-bond acceptors (Lipinski definition) is 8. The average molecular weight is 595 g/mol. The molecule has 0 atom stereocenters. The Kier molecular flexibility index (Phi) is 9.49. The van der Waals surface area contributed by atoms with Crippen LogP contribution in [0.1, 0.15) is 73.1 Å². The number of fused-ring (bicyclic) bond motifs is 1. The summed E-state index contributed by atoms with van der Waals surface area (Å²) in [5, 5.41) is 7.02. The molecule has 0 spiro atoms. The molecule has 43 heavy (non-hydrogen) atoms. The molecule has 0 bridgehead atoms. The molecule has 11 heteroatoms. The van der Waals surface area contributed by atoms with E-state index in [1.807, 2.05) is 32.0 Å². The Morgan fingerprint density at radius 1 is 1.09 bits per heavy atom. The van der Waals surface area contributed by atoms with Crippen LogP contribution in [0.2, 0.25) is 0 Å². The fourth-order valence-electron chi connectivity index (χ4n) is 6.37. The van der Waals surface area contributed by atoms with E-state index in [1.54, 1.807) is 12.1 Å². The van der Waals surface area contributed by atoms with Crippen molar-refractivity contribution in [1.29, 1.82) is 0 Å². The maximum Gasteiger partial charge on any atom is 0.272 e. The first-order chi connectivity index (χ1) is 20.7. The van der Waals surface area contributed by atoms with Gasteiger partial charge in [-0.05, 0) is 68.5 Å². The first kappa shape index (κ1) is 30.7. The van der Waals surface area contributed by atoms with Crippen molar-refractivity contribution in [2.24, 2.45) is 16.1 Å². The fraction of sp³-hybridized carbons (Fsp3) is 0.531. The summed E-state index contributed by atoms with van der Waals surface area (Å²) in [5.74, 6) is 0.0119. The molecule has 3 heterocycles. The first-order valence-corrected chi connectivity index (χ1v) is 15.1. The largest absolute Gasteiger partial charge is 0.470 e. The van der Waals surface area contributed by atoms with Gasteiger partial charge < -0.3 is 9.64 Å². The van der Waals surface area contributed by atoms with Crippen LogP contribution in [0.15, 0.2) is 46.7 Å². The molecule has 1 aromatic carbocycles. The molecule has 0 radical (unpaired) electrons. The number of benzene rings is 1. The van der Waals surface area contributed by atoms with Gasteiger partial charge in [-0.15, -0.1) is 5.10 Å². The topological polar surface area (TPSA) is 90.7 Å². The number of ether oxygens (including phenoxy) is 1. The fourth-order valence-corrected chi connectivity index (χ4v) is 6.37. The Morgan fingerprint density at radius 2 is 1.84 bits per heavy atom. The Labute approximate surface area is 251 Å². The summed E-state index contributed by atoms with van der Waals surface area (Å²) in [6, 6.07) is 9.00. The SMILES string of the molecule is C=N/N=C(\OCC(F)F)c1ccc(CN2C(=O)c3ccc(N4CCN(CC5CCCCC5)CC4)cc3C(C)(C)C2=O)nc1. The van der Waals surface area contributed by atoms with Crippen LogP contribution in [0.25, 0.3) is 0 Å². The molecule has 0 N–H and O–H groups in total. The van der Waals surface area contributed by atoms with E-state index in [2.05, 4.69) is 31.7 Å². The van der Waals surface area contributed by atoms with Crippen molar-refractivity contribution in [3.8, 4) is 0 Å². The number of rotatable bonds is 9. The molecular formula is C32H40F2N6O3. The molecule has 2 aromatic rings. The lowest BCUT2D eigenvalue weighted by molar-refractivity contribution is -0.134. The third-order valence-electron chi connectivity index (χ3n) is 8.81. The van der Waals surface area contributed by atoms with Gasteiger partial charge in [0.15, 0.2) is 6.61 Å². The number of imide groups is 1. The highest BCUT2D eigenvalue weighted by Crippen LogP contribution is 2.37. The summed E-state index contributed by atoms with van der Waals surface area (Å²) < 4.78 is 30.2. The molecule has 5 rings (SSSR count). The summed E-state index contributed by atoms with van der Waals surface area (Å²) in [6.07, 6.45) is 5.49. The maximum atomic E-state index is 13.7. The van der Waals surface area contributed by atoms with E-state index in [0.29, 0.717) is 16.8 Å². The van der Waals surface area contributed by atoms with Gasteiger partial charge >= 0.3 is 0 Å². The van der Waals surface area contributed by atoms with E-state index >= 15 is 0 Å². The van der Waals surface area contributed by atoms with Crippen LogP contribution in [-0.4, -0.2) is 85.0 Å². The van der Waals surface area contributed by atoms with E-state index in [4.69, 9.17) is 4.74 Å². The number of carbonyl (C=O) groups is 2. The zero-order chi connectivity index (χ0) is 30.6. The third kappa shape index (κ3) is 6.92. The minimum atomic E-state index is -2.68. The van der Waals surface area contributed by atoms with E-state index in [-0.39, 0.29) is 24.3 Å². The lowest BCUT2D eigenvalue weighted by Gasteiger charge is -2.40. The molecule has 1 saturated carbocycles. The quantitative estimate of drug-likeness (QED) is 0.178. The standard InChI is InChI=1S/C32H40F2N6O3/c1-32(2)27-17-25(39-15-13-38(14-16-39)19-22-7-5-4-6-8-22)11-12-26(27)30(41)40(31(32)42)20-24-10-9-23(18-36-24)29(37-35-3)43-21-28(33)34/h9-12,17-18,22,28H,3-8,13-16,19-21H2,1-2H3/b37-29-. The highest BCUT2D eigenvalue weighted by Gasteiger charge is 2.45. The molecule has 1 aromatic heterocycles. The molecule has 1 saturated heterocycles. The summed E-state index contributed by atoms with van der Waals surface area (Å²) in [4.78, 5) is 37.7. The molecule has 2 fully saturated rings. The molecule has 9 nitrogen and oxygen atoms in total. The molecular weight excluding hydrogens is 554 g/mol. The van der Waals surface area contributed by atoms with Crippen molar-refractivity contribution < 1.29 is 23.1 Å². The van der Waals surface area contributed by atoms with Gasteiger partial charge in [0.1, 0.15) is 0 Å². The van der Waals surface area contributed by atoms with Crippen LogP contribution < -0.4 is 4.90 Å². The van der Waals surface area contributed by atoms with Crippen LogP contribution in [0.3, 0.4) is 0 Å². The number of hydrogen-bond donors (Lipinski definition) is 0. The summed E-state index contributed by atoms with van der Waals surface area (Å²) in [5.41, 5.74) is 2.14. The van der Waals surface area contributed by atoms with Crippen molar-refractivity contribution >= 4 is 30.1 Å². The smallest absolute Gasteiger partial charge is 0.272 e. The van der Waals surface area contributed by atoms with Gasteiger partial charge in [0, 0.05) is 56.9 Å². The van der Waals surface area contributed by atoms with Crippen molar-refractivity contribution in [3.63, 3.8) is 0 Å². The third-order valence-corrected chi connectivity index (χ3v) is 8.81. The van der Waals surface area contributed by atoms with Gasteiger partial charge in [-0.1, -0.05) is 19.3 Å². The molecule has 3 aliphatic rings. The van der Waals surface area contributed by atoms with E-state index in [0.717, 1.165) is 43.3 Å². The predicted molar refractivity (Wildman–Crippen MR) is 162 cm³/mol. The number of pyridine rings is 1. The molecule has 230 valence electrons. The molecule has 2 amide bonds. The minimum Gasteiger partial charge on any atom is -0.470 e. The Bertz CT molecular complexity index is 1350. The number of anilines is 1. The lowest BCUT2D eigenvalue weighted by Crippen LogP contribution is -2.51. The Hall–Kier alpha value is -3.73. The van der Waals surface area contributed by atoms with Gasteiger partial charge in [-0.25, -0.2) is 8.78 Å². The van der Waals surface area contributed by atoms with Crippen LogP contribution in [0.5, 0.6) is 0 Å². The predicted octanol–water partition coefficient (Wildman–Crippen LogP) is 4.89. The van der Waals surface area contributed by atoms with Crippen LogP contribution in [-0.2, 0) is 21.5 Å². The normalized spacial score (nSPS) is 20.0. The van der Waals surface area contributed by atoms with Gasteiger partial charge in [-0.2, -0.15) is 5.10 Å². The van der Waals surface area contributed by atoms with E-state index in [9.17, 15) is 18.4 Å². The number of carbonyl (C=O) groups excluding carboxylic acids is 2. The first-order valence-electron chi connectivity index (χ1n) is 15.1. The highest BCUT2D eigenvalue weighted by molar-refractivity contribution is 6.13. The molecule has 2 aliphatic heterocycles. The average Bonchev–Trinajstić information content (AvgIpc) is 3.01. The molecule has 1 aliphatic carbocycles. The van der Waals surface area contributed by atoms with E-state index in [1.165, 1.54) is 49.7 Å². The van der Waals surface area contributed by atoms with Crippen molar-refractivity contribution in [3.05, 3.63) is 58.9 Å². The molecule has 0 unspecified atom stereocenters. The van der Waals surface area contributed by atoms with Crippen LogP contribution >= 0.6 is 0 Å². The number of alkyl halides is 2. The lowest BCUT2D eigenvalue weighted by atomic mass is 9.77. The van der Waals surface area contributed by atoms with Gasteiger partial charge in [-0.3, -0.25) is 24.4 Å². The maximum absolute atomic E-state index is 13.7. The summed E-state index contributed by atoms with van der Waals surface area (Å²) in [7, 11) is 0. The van der Waals surface area contributed by atoms with Gasteiger partial charge in [0.2, 0.25) is 11.8 Å². The minimum absolute atomic E-state index is 0.0321. The zero-order valence-electron chi connectivity index (χ0n) is 25.0. The second-order valence-corrected chi connectivity index (χ2v) is 12.1. The number of nitrogens with zero attached hydrogens (tertiary/aromatic N) is 6. The summed E-state index contributed by atoms with van der Waals surface area (Å²) in [6.45, 7) is 11.1. The highest BCUT2D eigenvalue weighted by atomic mass is 19.3. The number of piperazine rings is 1. The second-order valence-electron chi connectivity index (χ2n) is 12.1. The van der Waals surface area contributed by atoms with Gasteiger partial charge in [0.25, 0.3) is 12.3 Å². The number of aromatic nitrogens is 1. The number of amides is 2. The Morgan fingerprint density at radius 3 is 2.49 bits per heavy atom. The summed E-state index contributed by atoms with van der Waals surface area (Å²) >= 11 is 0. The van der Waals surface area contributed by atoms with Crippen LogP contribution in [0, 0.1) is 5.92 Å². The number of halogens is 2. The van der Waals surface area contributed by atoms with Crippen LogP contribution in [0.4, 0.5) is 14.5 Å². The monoisotopic (exact) mass is 594 g/mol. The van der Waals surface area contributed by atoms with Gasteiger partial charge in [0.05, 0.1) is 23.2 Å².